The predicted octanol–water partition coefficient (Wildman–Crippen LogP) is 12.2. The van der Waals surface area contributed by atoms with Crippen molar-refractivity contribution >= 4 is 77.4 Å². The molecule has 3 aliphatic heterocycles. The smallest absolute Gasteiger partial charge is 0.182 e. The molecular formula is C57H37NSSi. The van der Waals surface area contributed by atoms with E-state index < -0.39 is 13.5 Å². The maximum absolute atomic E-state index is 2.71. The number of hydrogen-bond acceptors (Lipinski definition) is 2. The molecule has 2 spiro atoms. The topological polar surface area (TPSA) is 3.24 Å². The van der Waals surface area contributed by atoms with Crippen LogP contribution in [-0.2, 0) is 5.41 Å². The summed E-state index contributed by atoms with van der Waals surface area (Å²) in [7, 11) is -2.71. The summed E-state index contributed by atoms with van der Waals surface area (Å²) in [6.45, 7) is 4.53. The lowest BCUT2D eigenvalue weighted by Crippen LogP contribution is -2.70. The molecule has 10 aromatic rings. The summed E-state index contributed by atoms with van der Waals surface area (Å²) in [6, 6.07) is 72.9. The molecule has 0 saturated heterocycles. The molecule has 60 heavy (non-hydrogen) atoms. The van der Waals surface area contributed by atoms with E-state index >= 15 is 0 Å². The molecule has 0 N–H and O–H groups in total. The Labute approximate surface area is 354 Å². The van der Waals surface area contributed by atoms with E-state index in [9.17, 15) is 0 Å². The van der Waals surface area contributed by atoms with Crippen molar-refractivity contribution in [2.45, 2.75) is 19.3 Å². The molecular weight excluding hydrogens is 759 g/mol. The second-order valence-electron chi connectivity index (χ2n) is 17.3. The standard InChI is InChI=1S/C57H37NSSi/c1-34-23-26-41-42-27-24-35(2)30-55(42)60(54(41)29-34)53-22-12-6-16-40(53)43-28-25-36(31-56(43)60)58-49-20-10-9-19-47(49)57(45-17-7-3-13-37(45)38-14-4-8-18-46(38)57)48-32-44-39-15-5-11-21-51(39)59-52(44)33-50(48)58/h3-33H,1-2H3. The molecule has 280 valence electrons. The lowest BCUT2D eigenvalue weighted by Gasteiger charge is -2.45. The van der Waals surface area contributed by atoms with Gasteiger partial charge < -0.3 is 4.90 Å². The van der Waals surface area contributed by atoms with Crippen LogP contribution in [0.25, 0.3) is 53.6 Å². The van der Waals surface area contributed by atoms with Crippen LogP contribution in [0.5, 0.6) is 0 Å². The first-order chi connectivity index (χ1) is 29.6. The molecule has 4 aliphatic rings. The minimum absolute atomic E-state index is 0.492. The Morgan fingerprint density at radius 1 is 0.383 bits per heavy atom. The van der Waals surface area contributed by atoms with Crippen LogP contribution in [0, 0.1) is 13.8 Å². The van der Waals surface area contributed by atoms with Gasteiger partial charge in [-0.15, -0.1) is 11.3 Å². The Kier molecular flexibility index (Phi) is 6.33. The lowest BCUT2D eigenvalue weighted by molar-refractivity contribution is 0.754. The number of benzene rings is 9. The van der Waals surface area contributed by atoms with Gasteiger partial charge in [0.1, 0.15) is 0 Å². The van der Waals surface area contributed by atoms with Gasteiger partial charge in [0.15, 0.2) is 8.07 Å². The van der Waals surface area contributed by atoms with Crippen LogP contribution >= 0.6 is 11.3 Å². The summed E-state index contributed by atoms with van der Waals surface area (Å²) in [4.78, 5) is 2.62. The van der Waals surface area contributed by atoms with Crippen LogP contribution in [-0.4, -0.2) is 8.07 Å². The summed E-state index contributed by atoms with van der Waals surface area (Å²) < 4.78 is 2.64. The van der Waals surface area contributed by atoms with Crippen LogP contribution in [0.4, 0.5) is 17.1 Å². The Hall–Kier alpha value is -6.78. The minimum Gasteiger partial charge on any atom is -0.310 e. The number of thiophene rings is 1. The van der Waals surface area contributed by atoms with Crippen molar-refractivity contribution in [3.63, 3.8) is 0 Å². The van der Waals surface area contributed by atoms with E-state index in [4.69, 9.17) is 0 Å². The van der Waals surface area contributed by atoms with Gasteiger partial charge in [-0.2, -0.15) is 0 Å². The monoisotopic (exact) mass is 795 g/mol. The maximum atomic E-state index is 2.62. The number of anilines is 3. The highest BCUT2D eigenvalue weighted by Gasteiger charge is 2.55. The fraction of sp³-hybridized carbons (Fsp3) is 0.0526. The Bertz CT molecular complexity index is 3460. The molecule has 4 heterocycles. The Balaban J connectivity index is 1.11. The summed E-state index contributed by atoms with van der Waals surface area (Å²) in [5.74, 6) is 0. The summed E-state index contributed by atoms with van der Waals surface area (Å²) in [6.07, 6.45) is 0. The van der Waals surface area contributed by atoms with Crippen LogP contribution in [0.15, 0.2) is 188 Å². The van der Waals surface area contributed by atoms with E-state index in [2.05, 4.69) is 207 Å². The zero-order valence-electron chi connectivity index (χ0n) is 33.3. The van der Waals surface area contributed by atoms with Crippen molar-refractivity contribution < 1.29 is 0 Å². The zero-order chi connectivity index (χ0) is 39.5. The number of hydrogen-bond donors (Lipinski definition) is 0. The SMILES string of the molecule is Cc1ccc2c(c1)[Si]1(c3ccccc3-c3ccc(N4c5ccccc5C5(c6ccccc6-c6ccccc65)c5cc6c(cc54)sc4ccccc46)cc31)c1cc(C)ccc1-2. The summed E-state index contributed by atoms with van der Waals surface area (Å²) in [5, 5.41) is 8.71. The van der Waals surface area contributed by atoms with Crippen LogP contribution in [0.1, 0.15) is 33.4 Å². The molecule has 0 fully saturated rings. The van der Waals surface area contributed by atoms with E-state index in [0.717, 1.165) is 0 Å². The average Bonchev–Trinajstić information content (AvgIpc) is 3.98. The highest BCUT2D eigenvalue weighted by Crippen LogP contribution is 2.64. The molecule has 0 unspecified atom stereocenters. The molecule has 1 aromatic heterocycles. The zero-order valence-corrected chi connectivity index (χ0v) is 35.1. The third-order valence-electron chi connectivity index (χ3n) is 14.4. The first-order valence-corrected chi connectivity index (χ1v) is 23.9. The van der Waals surface area contributed by atoms with Crippen molar-refractivity contribution in [3.8, 4) is 33.4 Å². The van der Waals surface area contributed by atoms with E-state index in [1.807, 2.05) is 11.3 Å². The number of rotatable bonds is 1. The molecule has 1 aliphatic carbocycles. The molecule has 3 heteroatoms. The fourth-order valence-corrected chi connectivity index (χ4v) is 19.1. The van der Waals surface area contributed by atoms with Crippen molar-refractivity contribution in [1.29, 1.82) is 0 Å². The molecule has 9 aromatic carbocycles. The molecule has 0 amide bonds. The van der Waals surface area contributed by atoms with Gasteiger partial charge in [-0.1, -0.05) is 163 Å². The van der Waals surface area contributed by atoms with Crippen molar-refractivity contribution in [3.05, 3.63) is 221 Å². The quantitative estimate of drug-likeness (QED) is 0.150. The second-order valence-corrected chi connectivity index (χ2v) is 22.0. The third-order valence-corrected chi connectivity index (χ3v) is 20.4. The first-order valence-electron chi connectivity index (χ1n) is 21.1. The molecule has 0 saturated carbocycles. The summed E-state index contributed by atoms with van der Waals surface area (Å²) in [5.41, 5.74) is 19.5. The lowest BCUT2D eigenvalue weighted by atomic mass is 9.64. The second kappa shape index (κ2) is 11.5. The minimum atomic E-state index is -2.71. The van der Waals surface area contributed by atoms with E-state index in [1.54, 1.807) is 0 Å². The van der Waals surface area contributed by atoms with Crippen molar-refractivity contribution in [1.82, 2.24) is 0 Å². The highest BCUT2D eigenvalue weighted by molar-refractivity contribution is 7.26. The van der Waals surface area contributed by atoms with E-state index in [1.165, 1.54) is 125 Å². The van der Waals surface area contributed by atoms with Gasteiger partial charge in [0.05, 0.1) is 16.8 Å². The number of aryl methyl sites for hydroxylation is 2. The number of para-hydroxylation sites is 1. The first kappa shape index (κ1) is 33.1. The van der Waals surface area contributed by atoms with Crippen LogP contribution in [0.3, 0.4) is 0 Å². The Morgan fingerprint density at radius 2 is 0.933 bits per heavy atom. The van der Waals surface area contributed by atoms with Gasteiger partial charge in [0.25, 0.3) is 0 Å². The Morgan fingerprint density at radius 3 is 1.65 bits per heavy atom. The van der Waals surface area contributed by atoms with Gasteiger partial charge in [-0.05, 0) is 127 Å². The third kappa shape index (κ3) is 3.85. The molecule has 1 nitrogen and oxygen atoms in total. The fourth-order valence-electron chi connectivity index (χ4n) is 12.1. The van der Waals surface area contributed by atoms with Gasteiger partial charge in [0, 0.05) is 25.9 Å². The number of nitrogens with zero attached hydrogens (tertiary/aromatic N) is 1. The molecule has 0 radical (unpaired) electrons. The normalized spacial score (nSPS) is 15.1. The largest absolute Gasteiger partial charge is 0.310 e. The molecule has 0 atom stereocenters. The van der Waals surface area contributed by atoms with Crippen molar-refractivity contribution in [2.24, 2.45) is 0 Å². The van der Waals surface area contributed by atoms with Gasteiger partial charge in [-0.3, -0.25) is 0 Å². The van der Waals surface area contributed by atoms with E-state index in [0.29, 0.717) is 0 Å². The number of fused-ring (bicyclic) bond motifs is 22. The highest BCUT2D eigenvalue weighted by atomic mass is 32.1. The average molecular weight is 796 g/mol. The maximum Gasteiger partial charge on any atom is 0.182 e. The molecule has 14 rings (SSSR count). The summed E-state index contributed by atoms with van der Waals surface area (Å²) >= 11 is 1.91. The van der Waals surface area contributed by atoms with Crippen LogP contribution < -0.4 is 25.6 Å². The predicted molar refractivity (Wildman–Crippen MR) is 256 cm³/mol. The van der Waals surface area contributed by atoms with Crippen LogP contribution in [0.2, 0.25) is 0 Å². The van der Waals surface area contributed by atoms with E-state index in [-0.39, 0.29) is 0 Å². The van der Waals surface area contributed by atoms with Gasteiger partial charge >= 0.3 is 0 Å². The van der Waals surface area contributed by atoms with Gasteiger partial charge in [-0.25, -0.2) is 0 Å². The van der Waals surface area contributed by atoms with Crippen molar-refractivity contribution in [2.75, 3.05) is 4.90 Å². The van der Waals surface area contributed by atoms with Gasteiger partial charge in [0.2, 0.25) is 0 Å². The molecule has 0 bridgehead atoms.